The summed E-state index contributed by atoms with van der Waals surface area (Å²) in [5.74, 6) is 0. The molecule has 1 unspecified atom stereocenters. The van der Waals surface area contributed by atoms with Crippen molar-refractivity contribution < 1.29 is 0 Å². The molecule has 0 saturated carbocycles. The Kier molecular flexibility index (Phi) is 7.25. The maximum Gasteiger partial charge on any atom is 0.0643 e. The lowest BCUT2D eigenvalue weighted by molar-refractivity contribution is 0.436. The molecule has 9 rings (SSSR count). The molecule has 0 radical (unpaired) electrons. The van der Waals surface area contributed by atoms with Crippen molar-refractivity contribution in [3.63, 3.8) is 0 Å². The first kappa shape index (κ1) is 30.0. The maximum absolute atomic E-state index is 2.54. The molecule has 7 aromatic carbocycles. The SMILES string of the molecule is CC1=CCC(C)(n2c3ccccc3c3cc(-c4cccc5c(N(c6ccccc6)c6ccc(-c7ccccc7)cc6)cccc45)ccc32)C=C1. The summed E-state index contributed by atoms with van der Waals surface area (Å²) < 4.78 is 2.54. The first-order valence-electron chi connectivity index (χ1n) is 17.5. The molecule has 0 saturated heterocycles. The highest BCUT2D eigenvalue weighted by Crippen LogP contribution is 2.44. The summed E-state index contributed by atoms with van der Waals surface area (Å²) in [6.07, 6.45) is 7.98. The summed E-state index contributed by atoms with van der Waals surface area (Å²) in [6, 6.07) is 59.6. The zero-order valence-electron chi connectivity index (χ0n) is 28.4. The van der Waals surface area contributed by atoms with E-state index in [4.69, 9.17) is 0 Å². The average molecular weight is 643 g/mol. The molecule has 2 nitrogen and oxygen atoms in total. The van der Waals surface area contributed by atoms with Gasteiger partial charge in [-0.25, -0.2) is 0 Å². The van der Waals surface area contributed by atoms with Crippen LogP contribution in [0.4, 0.5) is 17.1 Å². The van der Waals surface area contributed by atoms with Gasteiger partial charge in [0.25, 0.3) is 0 Å². The van der Waals surface area contributed by atoms with Crippen molar-refractivity contribution in [2.45, 2.75) is 25.8 Å². The lowest BCUT2D eigenvalue weighted by atomic mass is 9.90. The number of aromatic nitrogens is 1. The third kappa shape index (κ3) is 5.04. The Morgan fingerprint density at radius 3 is 1.92 bits per heavy atom. The van der Waals surface area contributed by atoms with Crippen molar-refractivity contribution in [3.8, 4) is 22.3 Å². The molecule has 0 bridgehead atoms. The van der Waals surface area contributed by atoms with E-state index in [1.807, 2.05) is 0 Å². The molecule has 1 aliphatic rings. The minimum absolute atomic E-state index is 0.128. The van der Waals surface area contributed by atoms with E-state index in [2.05, 4.69) is 205 Å². The van der Waals surface area contributed by atoms with Crippen LogP contribution in [0.1, 0.15) is 20.3 Å². The molecular formula is C48H38N2. The number of anilines is 3. The van der Waals surface area contributed by atoms with Crippen molar-refractivity contribution in [1.29, 1.82) is 0 Å². The summed E-state index contributed by atoms with van der Waals surface area (Å²) in [4.78, 5) is 2.38. The smallest absolute Gasteiger partial charge is 0.0643 e. The fraction of sp³-hybridized carbons (Fsp3) is 0.0833. The summed E-state index contributed by atoms with van der Waals surface area (Å²) in [5.41, 5.74) is 12.0. The van der Waals surface area contributed by atoms with Gasteiger partial charge < -0.3 is 9.47 Å². The van der Waals surface area contributed by atoms with Gasteiger partial charge in [0.05, 0.1) is 11.2 Å². The maximum atomic E-state index is 2.54. The molecule has 1 aliphatic carbocycles. The van der Waals surface area contributed by atoms with Gasteiger partial charge in [0.2, 0.25) is 0 Å². The van der Waals surface area contributed by atoms with E-state index in [-0.39, 0.29) is 5.54 Å². The summed E-state index contributed by atoms with van der Waals surface area (Å²) >= 11 is 0. The molecule has 50 heavy (non-hydrogen) atoms. The van der Waals surface area contributed by atoms with E-state index in [0.717, 1.165) is 23.5 Å². The third-order valence-electron chi connectivity index (χ3n) is 10.4. The number of hydrogen-bond acceptors (Lipinski definition) is 1. The lowest BCUT2D eigenvalue weighted by Gasteiger charge is -2.31. The molecule has 1 atom stereocenters. The van der Waals surface area contributed by atoms with Gasteiger partial charge in [0.1, 0.15) is 0 Å². The van der Waals surface area contributed by atoms with Gasteiger partial charge in [-0.05, 0) is 96.4 Å². The van der Waals surface area contributed by atoms with Crippen molar-refractivity contribution in [2.24, 2.45) is 0 Å². The molecule has 240 valence electrons. The van der Waals surface area contributed by atoms with Crippen LogP contribution in [0.5, 0.6) is 0 Å². The molecule has 0 aliphatic heterocycles. The Morgan fingerprint density at radius 1 is 0.520 bits per heavy atom. The molecule has 0 amide bonds. The van der Waals surface area contributed by atoms with E-state index >= 15 is 0 Å². The number of hydrogen-bond donors (Lipinski definition) is 0. The van der Waals surface area contributed by atoms with Gasteiger partial charge in [-0.1, -0.05) is 139 Å². The normalized spacial score (nSPS) is 15.8. The number of para-hydroxylation sites is 2. The number of nitrogens with zero attached hydrogens (tertiary/aromatic N) is 2. The number of benzene rings is 7. The van der Waals surface area contributed by atoms with E-state index in [1.54, 1.807) is 0 Å². The van der Waals surface area contributed by atoms with Gasteiger partial charge >= 0.3 is 0 Å². The highest BCUT2D eigenvalue weighted by molar-refractivity contribution is 6.11. The van der Waals surface area contributed by atoms with Gasteiger partial charge in [-0.3, -0.25) is 0 Å². The van der Waals surface area contributed by atoms with E-state index in [1.165, 1.54) is 60.4 Å². The van der Waals surface area contributed by atoms with Gasteiger partial charge in [0, 0.05) is 38.6 Å². The number of allylic oxidation sites excluding steroid dienone is 4. The predicted molar refractivity (Wildman–Crippen MR) is 214 cm³/mol. The topological polar surface area (TPSA) is 8.17 Å². The van der Waals surface area contributed by atoms with Crippen molar-refractivity contribution in [3.05, 3.63) is 188 Å². The second kappa shape index (κ2) is 12.1. The minimum atomic E-state index is -0.128. The summed E-state index contributed by atoms with van der Waals surface area (Å²) in [5, 5.41) is 5.03. The lowest BCUT2D eigenvalue weighted by Crippen LogP contribution is -2.28. The van der Waals surface area contributed by atoms with E-state index in [9.17, 15) is 0 Å². The van der Waals surface area contributed by atoms with E-state index < -0.39 is 0 Å². The fourth-order valence-electron chi connectivity index (χ4n) is 7.85. The Bertz CT molecular complexity index is 2570. The summed E-state index contributed by atoms with van der Waals surface area (Å²) in [6.45, 7) is 4.54. The van der Waals surface area contributed by atoms with Gasteiger partial charge in [-0.15, -0.1) is 0 Å². The molecule has 2 heteroatoms. The van der Waals surface area contributed by atoms with Crippen LogP contribution in [-0.2, 0) is 5.54 Å². The van der Waals surface area contributed by atoms with Crippen LogP contribution >= 0.6 is 0 Å². The van der Waals surface area contributed by atoms with Crippen molar-refractivity contribution >= 4 is 49.6 Å². The van der Waals surface area contributed by atoms with E-state index in [0.29, 0.717) is 0 Å². The van der Waals surface area contributed by atoms with Gasteiger partial charge in [0.15, 0.2) is 0 Å². The molecule has 1 aromatic heterocycles. The minimum Gasteiger partial charge on any atom is -0.331 e. The monoisotopic (exact) mass is 642 g/mol. The van der Waals surface area contributed by atoms with Crippen LogP contribution < -0.4 is 4.90 Å². The van der Waals surface area contributed by atoms with Crippen LogP contribution in [-0.4, -0.2) is 4.57 Å². The molecular weight excluding hydrogens is 605 g/mol. The Morgan fingerprint density at radius 2 is 1.14 bits per heavy atom. The Balaban J connectivity index is 1.19. The molecule has 0 fully saturated rings. The van der Waals surface area contributed by atoms with Crippen LogP contribution in [0, 0.1) is 0 Å². The highest BCUT2D eigenvalue weighted by Gasteiger charge is 2.28. The fourth-order valence-corrected chi connectivity index (χ4v) is 7.85. The van der Waals surface area contributed by atoms with Gasteiger partial charge in [-0.2, -0.15) is 0 Å². The second-order valence-corrected chi connectivity index (χ2v) is 13.7. The first-order valence-corrected chi connectivity index (χ1v) is 17.5. The second-order valence-electron chi connectivity index (χ2n) is 13.7. The van der Waals surface area contributed by atoms with Crippen LogP contribution in [0.15, 0.2) is 188 Å². The first-order chi connectivity index (χ1) is 24.6. The molecule has 0 spiro atoms. The standard InChI is InChI=1S/C48H38N2/c1-34-29-31-48(2,32-30-34)50-46-21-10-9-17-43(46)44-33-37(25-28-47(44)50)40-18-11-20-42-41(40)19-12-22-45(42)49(38-15-7-4-8-16-38)39-26-23-36(24-27-39)35-13-5-3-6-14-35/h3-31,33H,32H2,1-2H3. The average Bonchev–Trinajstić information content (AvgIpc) is 3.52. The molecule has 8 aromatic rings. The predicted octanol–water partition coefficient (Wildman–Crippen LogP) is 13.4. The van der Waals surface area contributed by atoms with Crippen LogP contribution in [0.3, 0.4) is 0 Å². The summed E-state index contributed by atoms with van der Waals surface area (Å²) in [7, 11) is 0. The zero-order valence-corrected chi connectivity index (χ0v) is 28.4. The highest BCUT2D eigenvalue weighted by atomic mass is 15.1. The largest absolute Gasteiger partial charge is 0.331 e. The van der Waals surface area contributed by atoms with Crippen LogP contribution in [0.2, 0.25) is 0 Å². The van der Waals surface area contributed by atoms with Crippen molar-refractivity contribution in [1.82, 2.24) is 4.57 Å². The van der Waals surface area contributed by atoms with Crippen molar-refractivity contribution in [2.75, 3.05) is 4.90 Å². The van der Waals surface area contributed by atoms with Crippen LogP contribution in [0.25, 0.3) is 54.8 Å². The zero-order chi connectivity index (χ0) is 33.7. The molecule has 0 N–H and O–H groups in total. The Hall–Kier alpha value is -6.12. The quantitative estimate of drug-likeness (QED) is 0.175. The number of rotatable bonds is 6. The molecule has 1 heterocycles. The third-order valence-corrected chi connectivity index (χ3v) is 10.4. The number of fused-ring (bicyclic) bond motifs is 4. The Labute approximate surface area is 293 Å².